The van der Waals surface area contributed by atoms with Crippen molar-refractivity contribution in [1.29, 1.82) is 0 Å². The van der Waals surface area contributed by atoms with Crippen molar-refractivity contribution in [2.45, 2.75) is 32.2 Å². The van der Waals surface area contributed by atoms with Crippen LogP contribution in [0.1, 0.15) is 36.1 Å². The van der Waals surface area contributed by atoms with Crippen molar-refractivity contribution >= 4 is 0 Å². The molecule has 0 aromatic heterocycles. The molecule has 0 bridgehead atoms. The van der Waals surface area contributed by atoms with Gasteiger partial charge in [0.1, 0.15) is 0 Å². The summed E-state index contributed by atoms with van der Waals surface area (Å²) in [4.78, 5) is 0. The largest absolute Gasteiger partial charge is 0.493 e. The van der Waals surface area contributed by atoms with Crippen molar-refractivity contribution in [3.8, 4) is 11.5 Å². The maximum absolute atomic E-state index is 5.97. The first-order valence-electron chi connectivity index (χ1n) is 5.71. The summed E-state index contributed by atoms with van der Waals surface area (Å²) in [5, 5.41) is 0. The van der Waals surface area contributed by atoms with Crippen molar-refractivity contribution in [2.24, 2.45) is 5.73 Å². The number of rotatable bonds is 3. The number of aryl methyl sites for hydroxylation is 1. The third-order valence-corrected chi connectivity index (χ3v) is 3.23. The molecule has 88 valence electrons. The maximum Gasteiger partial charge on any atom is 0.165 e. The number of nitrogens with two attached hydrogens (primary N) is 1. The second-order valence-electron chi connectivity index (χ2n) is 4.31. The van der Waals surface area contributed by atoms with E-state index in [1.165, 1.54) is 17.5 Å². The third-order valence-electron chi connectivity index (χ3n) is 3.23. The standard InChI is InChI=1S/C13H19NO2/c1-8(14)11-7-9-5-4-6-10(9)12(15-2)13(11)16-3/h7-8H,4-6,14H2,1-3H3. The van der Waals surface area contributed by atoms with Crippen molar-refractivity contribution in [2.75, 3.05) is 14.2 Å². The average Bonchev–Trinajstić information content (AvgIpc) is 2.73. The summed E-state index contributed by atoms with van der Waals surface area (Å²) in [5.41, 5.74) is 9.67. The molecule has 0 saturated heterocycles. The van der Waals surface area contributed by atoms with Crippen molar-refractivity contribution in [3.05, 3.63) is 22.8 Å². The van der Waals surface area contributed by atoms with E-state index in [2.05, 4.69) is 6.07 Å². The number of benzene rings is 1. The van der Waals surface area contributed by atoms with Gasteiger partial charge < -0.3 is 15.2 Å². The van der Waals surface area contributed by atoms with Gasteiger partial charge in [0, 0.05) is 17.2 Å². The topological polar surface area (TPSA) is 44.5 Å². The minimum Gasteiger partial charge on any atom is -0.493 e. The summed E-state index contributed by atoms with van der Waals surface area (Å²) in [6.45, 7) is 1.97. The number of fused-ring (bicyclic) bond motifs is 1. The molecule has 0 spiro atoms. The van der Waals surface area contributed by atoms with Gasteiger partial charge in [-0.1, -0.05) is 0 Å². The molecule has 1 aliphatic carbocycles. The van der Waals surface area contributed by atoms with Crippen LogP contribution in [-0.2, 0) is 12.8 Å². The summed E-state index contributed by atoms with van der Waals surface area (Å²) in [6.07, 6.45) is 3.39. The SMILES string of the molecule is COc1c(C(C)N)cc2c(c1OC)CCC2. The molecule has 1 aliphatic rings. The molecule has 0 fully saturated rings. The molecule has 1 atom stereocenters. The second-order valence-corrected chi connectivity index (χ2v) is 4.31. The molecule has 0 saturated carbocycles. The van der Waals surface area contributed by atoms with Crippen molar-refractivity contribution < 1.29 is 9.47 Å². The quantitative estimate of drug-likeness (QED) is 0.851. The van der Waals surface area contributed by atoms with Crippen LogP contribution in [-0.4, -0.2) is 14.2 Å². The first-order valence-corrected chi connectivity index (χ1v) is 5.71. The minimum absolute atomic E-state index is 0.0326. The number of hydrogen-bond acceptors (Lipinski definition) is 3. The first-order chi connectivity index (χ1) is 7.69. The highest BCUT2D eigenvalue weighted by atomic mass is 16.5. The highest BCUT2D eigenvalue weighted by molar-refractivity contribution is 5.57. The van der Waals surface area contributed by atoms with Crippen LogP contribution >= 0.6 is 0 Å². The van der Waals surface area contributed by atoms with Crippen molar-refractivity contribution in [3.63, 3.8) is 0 Å². The molecule has 1 aromatic carbocycles. The van der Waals surface area contributed by atoms with E-state index in [0.29, 0.717) is 0 Å². The van der Waals surface area contributed by atoms with E-state index in [4.69, 9.17) is 15.2 Å². The lowest BCUT2D eigenvalue weighted by molar-refractivity contribution is 0.347. The van der Waals surface area contributed by atoms with E-state index < -0.39 is 0 Å². The summed E-state index contributed by atoms with van der Waals surface area (Å²) in [6, 6.07) is 2.14. The fraction of sp³-hybridized carbons (Fsp3) is 0.538. The molecule has 3 nitrogen and oxygen atoms in total. The Labute approximate surface area is 96.5 Å². The van der Waals surface area contributed by atoms with Gasteiger partial charge in [0.05, 0.1) is 14.2 Å². The maximum atomic E-state index is 5.97. The highest BCUT2D eigenvalue weighted by Crippen LogP contribution is 2.42. The van der Waals surface area contributed by atoms with Crippen LogP contribution in [0.5, 0.6) is 11.5 Å². The van der Waals surface area contributed by atoms with E-state index in [1.807, 2.05) is 6.92 Å². The van der Waals surface area contributed by atoms with E-state index in [0.717, 1.165) is 29.9 Å². The van der Waals surface area contributed by atoms with Crippen LogP contribution in [0.25, 0.3) is 0 Å². The van der Waals surface area contributed by atoms with Crippen LogP contribution in [0.3, 0.4) is 0 Å². The Morgan fingerprint density at radius 2 is 1.88 bits per heavy atom. The Hall–Kier alpha value is -1.22. The molecule has 0 radical (unpaired) electrons. The van der Waals surface area contributed by atoms with Gasteiger partial charge in [0.25, 0.3) is 0 Å². The van der Waals surface area contributed by atoms with Crippen LogP contribution in [0.15, 0.2) is 6.07 Å². The molecule has 0 amide bonds. The number of hydrogen-bond donors (Lipinski definition) is 1. The molecule has 1 unspecified atom stereocenters. The highest BCUT2D eigenvalue weighted by Gasteiger charge is 2.23. The Kier molecular flexibility index (Phi) is 3.06. The predicted octanol–water partition coefficient (Wildman–Crippen LogP) is 2.21. The summed E-state index contributed by atoms with van der Waals surface area (Å²) < 4.78 is 10.9. The molecule has 2 rings (SSSR count). The zero-order valence-corrected chi connectivity index (χ0v) is 10.2. The molecule has 16 heavy (non-hydrogen) atoms. The molecular weight excluding hydrogens is 202 g/mol. The molecule has 0 heterocycles. The Balaban J connectivity index is 2.63. The van der Waals surface area contributed by atoms with Crippen LogP contribution in [0, 0.1) is 0 Å². The molecule has 0 aliphatic heterocycles. The fourth-order valence-corrected chi connectivity index (χ4v) is 2.47. The number of ether oxygens (including phenoxy) is 2. The van der Waals surface area contributed by atoms with Crippen LogP contribution < -0.4 is 15.2 Å². The predicted molar refractivity (Wildman–Crippen MR) is 64.2 cm³/mol. The van der Waals surface area contributed by atoms with E-state index in [9.17, 15) is 0 Å². The lowest BCUT2D eigenvalue weighted by atomic mass is 9.99. The molecule has 2 N–H and O–H groups in total. The minimum atomic E-state index is -0.0326. The van der Waals surface area contributed by atoms with E-state index in [1.54, 1.807) is 14.2 Å². The fourth-order valence-electron chi connectivity index (χ4n) is 2.47. The van der Waals surface area contributed by atoms with E-state index >= 15 is 0 Å². The lowest BCUT2D eigenvalue weighted by Gasteiger charge is -2.18. The van der Waals surface area contributed by atoms with Crippen LogP contribution in [0.4, 0.5) is 0 Å². The average molecular weight is 221 g/mol. The summed E-state index contributed by atoms with van der Waals surface area (Å²) in [7, 11) is 3.37. The number of methoxy groups -OCH3 is 2. The van der Waals surface area contributed by atoms with Gasteiger partial charge in [0.2, 0.25) is 0 Å². The van der Waals surface area contributed by atoms with Gasteiger partial charge in [-0.25, -0.2) is 0 Å². The summed E-state index contributed by atoms with van der Waals surface area (Å²) in [5.74, 6) is 1.68. The van der Waals surface area contributed by atoms with Gasteiger partial charge >= 0.3 is 0 Å². The molecule has 1 aromatic rings. The Bertz CT molecular complexity index is 399. The monoisotopic (exact) mass is 221 g/mol. The second kappa shape index (κ2) is 4.34. The third kappa shape index (κ3) is 1.65. The van der Waals surface area contributed by atoms with E-state index in [-0.39, 0.29) is 6.04 Å². The summed E-state index contributed by atoms with van der Waals surface area (Å²) >= 11 is 0. The van der Waals surface area contributed by atoms with Crippen LogP contribution in [0.2, 0.25) is 0 Å². The zero-order chi connectivity index (χ0) is 11.7. The lowest BCUT2D eigenvalue weighted by Crippen LogP contribution is -2.09. The van der Waals surface area contributed by atoms with Crippen molar-refractivity contribution in [1.82, 2.24) is 0 Å². The van der Waals surface area contributed by atoms with Gasteiger partial charge in [-0.2, -0.15) is 0 Å². The first kappa shape index (κ1) is 11.3. The normalized spacial score (nSPS) is 15.8. The van der Waals surface area contributed by atoms with Gasteiger partial charge in [-0.05, 0) is 37.8 Å². The molecule has 3 heteroatoms. The van der Waals surface area contributed by atoms with Gasteiger partial charge in [0.15, 0.2) is 11.5 Å². The smallest absolute Gasteiger partial charge is 0.165 e. The Morgan fingerprint density at radius 3 is 2.44 bits per heavy atom. The van der Waals surface area contributed by atoms with Gasteiger partial charge in [-0.3, -0.25) is 0 Å². The Morgan fingerprint density at radius 1 is 1.19 bits per heavy atom. The van der Waals surface area contributed by atoms with Gasteiger partial charge in [-0.15, -0.1) is 0 Å². The molecular formula is C13H19NO2. The zero-order valence-electron chi connectivity index (χ0n) is 10.2.